The highest BCUT2D eigenvalue weighted by molar-refractivity contribution is 5.94. The predicted octanol–water partition coefficient (Wildman–Crippen LogP) is 5.05. The fourth-order valence-electron chi connectivity index (χ4n) is 7.94. The van der Waals surface area contributed by atoms with Gasteiger partial charge in [-0.2, -0.15) is 5.10 Å². The summed E-state index contributed by atoms with van der Waals surface area (Å²) in [7, 11) is 3.40. The Balaban J connectivity index is 1.16. The zero-order valence-corrected chi connectivity index (χ0v) is 30.7. The largest absolute Gasteiger partial charge is 0.491 e. The lowest BCUT2D eigenvalue weighted by Gasteiger charge is -2.31. The molecule has 2 aromatic carbocycles. The van der Waals surface area contributed by atoms with Crippen LogP contribution in [0.4, 0.5) is 20.4 Å². The Kier molecular flexibility index (Phi) is 9.01. The molecule has 0 radical (unpaired) electrons. The first kappa shape index (κ1) is 35.0. The number of aryl methyl sites for hydroxylation is 1. The van der Waals surface area contributed by atoms with Crippen LogP contribution in [0.2, 0.25) is 0 Å². The van der Waals surface area contributed by atoms with Crippen molar-refractivity contribution in [3.05, 3.63) is 78.0 Å². The van der Waals surface area contributed by atoms with E-state index in [0.29, 0.717) is 102 Å². The molecule has 14 nitrogen and oxygen atoms in total. The molecule has 3 atom stereocenters. The van der Waals surface area contributed by atoms with Crippen molar-refractivity contribution in [2.24, 2.45) is 0 Å². The van der Waals surface area contributed by atoms with Crippen LogP contribution in [0.15, 0.2) is 54.7 Å². The molecule has 6 bridgehead atoms. The summed E-state index contributed by atoms with van der Waals surface area (Å²) in [6, 6.07) is 12.0. The Morgan fingerprint density at radius 3 is 2.71 bits per heavy atom. The highest BCUT2D eigenvalue weighted by Gasteiger charge is 2.41. The SMILES string of the molecule is CO[C@H]1CN(C)C(=O)[C@@H]2C[C@@H](CN2c2nc3nc4c2cnn4-c2ccc(F)cc2OCCCCOC3)Nc2cccc(n2)-c2cc(F)cc3nc(C)n(c23)C1. The molecule has 0 saturated carbocycles. The Bertz CT molecular complexity index is 2440. The Morgan fingerprint density at radius 2 is 1.84 bits per heavy atom. The number of nitrogens with one attached hydrogen (secondary N) is 1. The number of methoxy groups -OCH3 is 1. The zero-order chi connectivity index (χ0) is 37.8. The summed E-state index contributed by atoms with van der Waals surface area (Å²) in [4.78, 5) is 37.9. The number of imidazole rings is 1. The summed E-state index contributed by atoms with van der Waals surface area (Å²) in [6.07, 6.45) is 3.13. The van der Waals surface area contributed by atoms with E-state index in [4.69, 9.17) is 34.3 Å². The summed E-state index contributed by atoms with van der Waals surface area (Å²) in [5.41, 5.74) is 3.47. The summed E-state index contributed by atoms with van der Waals surface area (Å²) < 4.78 is 51.2. The van der Waals surface area contributed by atoms with Gasteiger partial charge in [-0.25, -0.2) is 33.4 Å². The third kappa shape index (κ3) is 6.48. The summed E-state index contributed by atoms with van der Waals surface area (Å²) in [5, 5.41) is 8.88. The average Bonchev–Trinajstić information content (AvgIpc) is 3.87. The summed E-state index contributed by atoms with van der Waals surface area (Å²) in [5.74, 6) is 1.62. The molecule has 3 aliphatic rings. The molecular formula is C39H40F2N10O4. The van der Waals surface area contributed by atoms with Gasteiger partial charge in [0.2, 0.25) is 5.91 Å². The molecular weight excluding hydrogens is 710 g/mol. The Hall–Kier alpha value is -5.74. The summed E-state index contributed by atoms with van der Waals surface area (Å²) >= 11 is 0. The number of pyridine rings is 1. The van der Waals surface area contributed by atoms with Crippen molar-refractivity contribution in [3.8, 4) is 22.7 Å². The maximum absolute atomic E-state index is 15.1. The lowest BCUT2D eigenvalue weighted by atomic mass is 10.1. The zero-order valence-electron chi connectivity index (χ0n) is 30.7. The highest BCUT2D eigenvalue weighted by atomic mass is 19.1. The monoisotopic (exact) mass is 750 g/mol. The number of nitrogens with zero attached hydrogens (tertiary/aromatic N) is 9. The van der Waals surface area contributed by atoms with Crippen LogP contribution in [0, 0.1) is 18.6 Å². The number of benzene rings is 2. The molecule has 1 amide bonds. The minimum atomic E-state index is -0.636. The van der Waals surface area contributed by atoms with Gasteiger partial charge in [0, 0.05) is 57.6 Å². The first-order chi connectivity index (χ1) is 26.7. The van der Waals surface area contributed by atoms with E-state index < -0.39 is 23.8 Å². The number of ether oxygens (including phenoxy) is 3. The third-order valence-electron chi connectivity index (χ3n) is 10.6. The van der Waals surface area contributed by atoms with Gasteiger partial charge < -0.3 is 33.9 Å². The van der Waals surface area contributed by atoms with Gasteiger partial charge in [-0.05, 0) is 56.5 Å². The third-order valence-corrected chi connectivity index (χ3v) is 10.6. The van der Waals surface area contributed by atoms with E-state index >= 15 is 4.39 Å². The van der Waals surface area contributed by atoms with Crippen molar-refractivity contribution in [2.45, 2.75) is 57.5 Å². The standard InChI is InChI=1S/C39H40F2N10O4/c1-22-43-30-14-24(41)13-27-29-7-6-8-34(45-29)44-25-16-32(39(52)48(2)19-26(53-3)20-49(22)36(27)30)50(18-25)37-28-17-42-51-31-10-9-23(40)15-33(31)55-12-5-4-11-54-21-35(46-37)47-38(28)51/h6-10,13-15,17,25-26,32H,4-5,11-12,16,18-21H2,1-3H3,(H,44,45)/t25-,26-,32-/m0/s1. The van der Waals surface area contributed by atoms with Crippen molar-refractivity contribution < 1.29 is 27.8 Å². The van der Waals surface area contributed by atoms with Gasteiger partial charge in [0.25, 0.3) is 0 Å². The molecule has 1 fully saturated rings. The molecule has 0 spiro atoms. The number of aromatic nitrogens is 7. The molecule has 4 aromatic heterocycles. The minimum absolute atomic E-state index is 0.116. The van der Waals surface area contributed by atoms with Crippen LogP contribution in [0.5, 0.6) is 5.75 Å². The molecule has 7 heterocycles. The lowest BCUT2D eigenvalue weighted by molar-refractivity contribution is -0.132. The van der Waals surface area contributed by atoms with Crippen LogP contribution in [-0.2, 0) is 27.4 Å². The van der Waals surface area contributed by atoms with Crippen LogP contribution in [0.3, 0.4) is 0 Å². The average molecular weight is 751 g/mol. The van der Waals surface area contributed by atoms with Crippen LogP contribution < -0.4 is 15.0 Å². The van der Waals surface area contributed by atoms with Crippen LogP contribution >= 0.6 is 0 Å². The van der Waals surface area contributed by atoms with E-state index in [9.17, 15) is 9.18 Å². The molecule has 3 aliphatic heterocycles. The molecule has 0 aliphatic carbocycles. The molecule has 55 heavy (non-hydrogen) atoms. The van der Waals surface area contributed by atoms with Crippen molar-refractivity contribution >= 4 is 39.6 Å². The first-order valence-electron chi connectivity index (χ1n) is 18.4. The second-order valence-corrected chi connectivity index (χ2v) is 14.3. The van der Waals surface area contributed by atoms with Crippen molar-refractivity contribution in [3.63, 3.8) is 0 Å². The van der Waals surface area contributed by atoms with E-state index in [2.05, 4.69) is 10.3 Å². The fourth-order valence-corrected chi connectivity index (χ4v) is 7.94. The number of anilines is 2. The normalized spacial score (nSPS) is 20.6. The number of hydrogen-bond donors (Lipinski definition) is 1. The Labute approximate surface area is 315 Å². The van der Waals surface area contributed by atoms with Gasteiger partial charge in [0.05, 0.1) is 47.6 Å². The molecule has 0 unspecified atom stereocenters. The van der Waals surface area contributed by atoms with E-state index in [1.54, 1.807) is 36.0 Å². The van der Waals surface area contributed by atoms with Crippen LogP contribution in [0.1, 0.15) is 30.9 Å². The molecule has 16 heteroatoms. The van der Waals surface area contributed by atoms with Gasteiger partial charge in [0.1, 0.15) is 53.2 Å². The molecule has 284 valence electrons. The number of hydrogen-bond acceptors (Lipinski definition) is 11. The van der Waals surface area contributed by atoms with Crippen molar-refractivity contribution in [1.29, 1.82) is 0 Å². The van der Waals surface area contributed by atoms with E-state index in [1.165, 1.54) is 24.3 Å². The highest BCUT2D eigenvalue weighted by Crippen LogP contribution is 2.36. The second kappa shape index (κ2) is 14.2. The predicted molar refractivity (Wildman–Crippen MR) is 200 cm³/mol. The van der Waals surface area contributed by atoms with Crippen molar-refractivity contribution in [1.82, 2.24) is 39.2 Å². The first-order valence-corrected chi connectivity index (χ1v) is 18.4. The quantitative estimate of drug-likeness (QED) is 0.255. The van der Waals surface area contributed by atoms with Gasteiger partial charge in [-0.3, -0.25) is 4.79 Å². The molecule has 1 N–H and O–H groups in total. The van der Waals surface area contributed by atoms with E-state index in [-0.39, 0.29) is 25.1 Å². The second-order valence-electron chi connectivity index (χ2n) is 14.3. The molecule has 1 saturated heterocycles. The number of carbonyl (C=O) groups is 1. The maximum Gasteiger partial charge on any atom is 0.245 e. The maximum atomic E-state index is 15.1. The van der Waals surface area contributed by atoms with Gasteiger partial charge in [-0.1, -0.05) is 6.07 Å². The van der Waals surface area contributed by atoms with E-state index in [0.717, 1.165) is 11.9 Å². The number of fused-ring (bicyclic) bond motifs is 8. The van der Waals surface area contributed by atoms with Crippen LogP contribution in [0.25, 0.3) is 39.0 Å². The number of carbonyl (C=O) groups excluding carboxylic acids is 1. The smallest absolute Gasteiger partial charge is 0.245 e. The van der Waals surface area contributed by atoms with Gasteiger partial charge in [0.15, 0.2) is 11.5 Å². The minimum Gasteiger partial charge on any atom is -0.491 e. The summed E-state index contributed by atoms with van der Waals surface area (Å²) in [6.45, 7) is 3.91. The Morgan fingerprint density at radius 1 is 0.964 bits per heavy atom. The van der Waals surface area contributed by atoms with Gasteiger partial charge >= 0.3 is 0 Å². The van der Waals surface area contributed by atoms with Gasteiger partial charge in [-0.15, -0.1) is 0 Å². The number of likely N-dealkylation sites (N-methyl/N-ethyl adjacent to an activating group) is 1. The topological polar surface area (TPSA) is 138 Å². The van der Waals surface area contributed by atoms with Crippen LogP contribution in [-0.4, -0.2) is 104 Å². The molecule has 9 rings (SSSR count). The van der Waals surface area contributed by atoms with Crippen molar-refractivity contribution in [2.75, 3.05) is 50.7 Å². The molecule has 6 aromatic rings. The number of amides is 1. The van der Waals surface area contributed by atoms with E-state index in [1.807, 2.05) is 34.6 Å². The lowest BCUT2D eigenvalue weighted by Crippen LogP contribution is -2.47. The number of rotatable bonds is 2. The number of halogens is 2. The fraction of sp³-hybridized carbons (Fsp3) is 0.385.